The van der Waals surface area contributed by atoms with Crippen LogP contribution in [-0.2, 0) is 21.9 Å². The van der Waals surface area contributed by atoms with Gasteiger partial charge in [0.1, 0.15) is 10.9 Å². The monoisotopic (exact) mass is 444 g/mol. The van der Waals surface area contributed by atoms with Crippen molar-refractivity contribution in [2.75, 3.05) is 26.2 Å². The summed E-state index contributed by atoms with van der Waals surface area (Å²) in [6.45, 7) is 4.88. The van der Waals surface area contributed by atoms with E-state index in [0.717, 1.165) is 10.2 Å². The number of aromatic nitrogens is 4. The third-order valence-electron chi connectivity index (χ3n) is 4.48. The van der Waals surface area contributed by atoms with Crippen LogP contribution in [0.5, 0.6) is 0 Å². The van der Waals surface area contributed by atoms with Crippen molar-refractivity contribution in [2.45, 2.75) is 24.8 Å². The second-order valence-electron chi connectivity index (χ2n) is 6.30. The topological polar surface area (TPSA) is 93.3 Å². The number of amides is 1. The number of sulfonamides is 1. The Kier molecular flexibility index (Phi) is 5.22. The fraction of sp³-hybridized carbons (Fsp3) is 0.533. The van der Waals surface area contributed by atoms with Gasteiger partial charge in [0.2, 0.25) is 15.9 Å². The number of hydrogen-bond donors (Lipinski definition) is 0. The maximum atomic E-state index is 12.7. The lowest BCUT2D eigenvalue weighted by Crippen LogP contribution is -2.51. The van der Waals surface area contributed by atoms with E-state index in [9.17, 15) is 13.2 Å². The third-order valence-corrected chi connectivity index (χ3v) is 7.11. The molecule has 0 saturated carbocycles. The van der Waals surface area contributed by atoms with Crippen LogP contribution in [0.3, 0.4) is 0 Å². The zero-order valence-corrected chi connectivity index (χ0v) is 17.2. The highest BCUT2D eigenvalue weighted by Crippen LogP contribution is 2.20. The molecule has 142 valence electrons. The lowest BCUT2D eigenvalue weighted by molar-refractivity contribution is -0.135. The van der Waals surface area contributed by atoms with Gasteiger partial charge in [0.25, 0.3) is 0 Å². The standard InChI is InChI=1S/C15H21BrN6O3S/c1-11-14(16)10-22(18-11)12(2)15(23)20-4-6-21(7-5-20)26(24,25)13-8-17-19(3)9-13/h8-10,12H,4-7H2,1-3H3. The van der Waals surface area contributed by atoms with Gasteiger partial charge in [-0.3, -0.25) is 14.2 Å². The molecule has 1 aliphatic rings. The molecule has 9 nitrogen and oxygen atoms in total. The summed E-state index contributed by atoms with van der Waals surface area (Å²) in [6.07, 6.45) is 4.60. The van der Waals surface area contributed by atoms with E-state index >= 15 is 0 Å². The summed E-state index contributed by atoms with van der Waals surface area (Å²) >= 11 is 3.39. The number of piperazine rings is 1. The Morgan fingerprint density at radius 3 is 2.38 bits per heavy atom. The first-order valence-electron chi connectivity index (χ1n) is 8.19. The number of hydrogen-bond acceptors (Lipinski definition) is 5. The lowest BCUT2D eigenvalue weighted by atomic mass is 10.2. The summed E-state index contributed by atoms with van der Waals surface area (Å²) in [5, 5.41) is 8.25. The molecule has 3 rings (SSSR count). The first-order valence-corrected chi connectivity index (χ1v) is 10.4. The zero-order valence-electron chi connectivity index (χ0n) is 14.8. The Bertz CT molecular complexity index is 894. The van der Waals surface area contributed by atoms with Gasteiger partial charge in [0, 0.05) is 45.6 Å². The van der Waals surface area contributed by atoms with Gasteiger partial charge in [0.15, 0.2) is 0 Å². The van der Waals surface area contributed by atoms with E-state index in [2.05, 4.69) is 26.1 Å². The number of halogens is 1. The molecule has 1 atom stereocenters. The van der Waals surface area contributed by atoms with E-state index in [1.54, 1.807) is 29.7 Å². The van der Waals surface area contributed by atoms with Crippen molar-refractivity contribution in [2.24, 2.45) is 7.05 Å². The van der Waals surface area contributed by atoms with Crippen molar-refractivity contribution in [1.29, 1.82) is 0 Å². The fourth-order valence-electron chi connectivity index (χ4n) is 2.87. The summed E-state index contributed by atoms with van der Waals surface area (Å²) < 4.78 is 30.6. The van der Waals surface area contributed by atoms with Crippen molar-refractivity contribution in [3.8, 4) is 0 Å². The van der Waals surface area contributed by atoms with E-state index in [-0.39, 0.29) is 23.9 Å². The van der Waals surface area contributed by atoms with Gasteiger partial charge in [-0.1, -0.05) is 0 Å². The van der Waals surface area contributed by atoms with Crippen LogP contribution >= 0.6 is 15.9 Å². The minimum absolute atomic E-state index is 0.0709. The highest BCUT2D eigenvalue weighted by atomic mass is 79.9. The summed E-state index contributed by atoms with van der Waals surface area (Å²) in [5.41, 5.74) is 0.817. The van der Waals surface area contributed by atoms with Gasteiger partial charge in [0.05, 0.1) is 16.4 Å². The van der Waals surface area contributed by atoms with E-state index in [4.69, 9.17) is 0 Å². The Morgan fingerprint density at radius 1 is 1.23 bits per heavy atom. The van der Waals surface area contributed by atoms with Crippen LogP contribution < -0.4 is 0 Å². The largest absolute Gasteiger partial charge is 0.338 e. The van der Waals surface area contributed by atoms with Crippen LogP contribution in [0.25, 0.3) is 0 Å². The molecule has 3 heterocycles. The van der Waals surface area contributed by atoms with Gasteiger partial charge < -0.3 is 4.90 Å². The first-order chi connectivity index (χ1) is 12.2. The van der Waals surface area contributed by atoms with Crippen LogP contribution in [0, 0.1) is 6.92 Å². The number of rotatable bonds is 4. The molecule has 1 unspecified atom stereocenters. The van der Waals surface area contributed by atoms with E-state index in [1.165, 1.54) is 21.4 Å². The third kappa shape index (κ3) is 3.55. The van der Waals surface area contributed by atoms with E-state index in [1.807, 2.05) is 6.92 Å². The molecular weight excluding hydrogens is 424 g/mol. The SMILES string of the molecule is Cc1nn(C(C)C(=O)N2CCN(S(=O)(=O)c3cnn(C)c3)CC2)cc1Br. The molecule has 0 spiro atoms. The molecule has 0 N–H and O–H groups in total. The molecule has 2 aromatic rings. The highest BCUT2D eigenvalue weighted by molar-refractivity contribution is 9.10. The maximum Gasteiger partial charge on any atom is 0.247 e. The fourth-order valence-corrected chi connectivity index (χ4v) is 4.56. The molecule has 0 bridgehead atoms. The molecule has 2 aromatic heterocycles. The van der Waals surface area contributed by atoms with E-state index in [0.29, 0.717) is 13.1 Å². The Hall–Kier alpha value is -1.72. The molecule has 0 radical (unpaired) electrons. The minimum Gasteiger partial charge on any atom is -0.338 e. The predicted molar refractivity (Wildman–Crippen MR) is 97.9 cm³/mol. The molecule has 1 amide bonds. The average Bonchev–Trinajstić information content (AvgIpc) is 3.20. The van der Waals surface area contributed by atoms with Crippen molar-refractivity contribution in [1.82, 2.24) is 28.8 Å². The molecule has 11 heteroatoms. The normalized spacial score (nSPS) is 17.5. The molecular formula is C15H21BrN6O3S. The summed E-state index contributed by atoms with van der Waals surface area (Å²) in [5.74, 6) is -0.0709. The predicted octanol–water partition coefficient (Wildman–Crippen LogP) is 0.782. The maximum absolute atomic E-state index is 12.7. The summed E-state index contributed by atoms with van der Waals surface area (Å²) in [4.78, 5) is 14.6. The summed E-state index contributed by atoms with van der Waals surface area (Å²) in [6, 6.07) is -0.443. The Morgan fingerprint density at radius 2 is 1.88 bits per heavy atom. The van der Waals surface area contributed by atoms with Crippen LogP contribution in [0.4, 0.5) is 0 Å². The minimum atomic E-state index is -3.58. The van der Waals surface area contributed by atoms with E-state index < -0.39 is 16.1 Å². The van der Waals surface area contributed by atoms with Crippen molar-refractivity contribution >= 4 is 31.9 Å². The second-order valence-corrected chi connectivity index (χ2v) is 9.09. The van der Waals surface area contributed by atoms with Crippen molar-refractivity contribution in [3.63, 3.8) is 0 Å². The first kappa shape index (κ1) is 19.1. The Balaban J connectivity index is 1.65. The van der Waals surface area contributed by atoms with Crippen molar-refractivity contribution < 1.29 is 13.2 Å². The second kappa shape index (κ2) is 7.12. The average molecular weight is 445 g/mol. The van der Waals surface area contributed by atoms with Crippen LogP contribution in [0.2, 0.25) is 0 Å². The van der Waals surface area contributed by atoms with Crippen LogP contribution in [0.15, 0.2) is 28.0 Å². The molecule has 1 aliphatic heterocycles. The number of carbonyl (C=O) groups excluding carboxylic acids is 1. The van der Waals surface area contributed by atoms with Gasteiger partial charge in [-0.15, -0.1) is 0 Å². The molecule has 1 fully saturated rings. The van der Waals surface area contributed by atoms with Crippen LogP contribution in [0.1, 0.15) is 18.7 Å². The molecule has 0 aromatic carbocycles. The van der Waals surface area contributed by atoms with Gasteiger partial charge in [-0.25, -0.2) is 8.42 Å². The molecule has 0 aliphatic carbocycles. The van der Waals surface area contributed by atoms with Gasteiger partial charge >= 0.3 is 0 Å². The summed E-state index contributed by atoms with van der Waals surface area (Å²) in [7, 11) is -1.90. The van der Waals surface area contributed by atoms with Gasteiger partial charge in [-0.05, 0) is 29.8 Å². The molecule has 1 saturated heterocycles. The van der Waals surface area contributed by atoms with Crippen LogP contribution in [-0.4, -0.2) is 69.3 Å². The number of nitrogens with zero attached hydrogens (tertiary/aromatic N) is 6. The highest BCUT2D eigenvalue weighted by Gasteiger charge is 2.32. The number of aryl methyl sites for hydroxylation is 2. The zero-order chi connectivity index (χ0) is 19.1. The quantitative estimate of drug-likeness (QED) is 0.694. The van der Waals surface area contributed by atoms with Crippen molar-refractivity contribution in [3.05, 3.63) is 28.8 Å². The lowest BCUT2D eigenvalue weighted by Gasteiger charge is -2.35. The van der Waals surface area contributed by atoms with Gasteiger partial charge in [-0.2, -0.15) is 14.5 Å². The smallest absolute Gasteiger partial charge is 0.247 e. The Labute approximate surface area is 160 Å². The molecule has 26 heavy (non-hydrogen) atoms. The number of carbonyl (C=O) groups is 1.